The van der Waals surface area contributed by atoms with Crippen LogP contribution in [0.25, 0.3) is 11.4 Å². The van der Waals surface area contributed by atoms with Crippen molar-refractivity contribution in [3.8, 4) is 0 Å². The van der Waals surface area contributed by atoms with Gasteiger partial charge in [0, 0.05) is 37.2 Å². The highest BCUT2D eigenvalue weighted by Crippen LogP contribution is 2.39. The summed E-state index contributed by atoms with van der Waals surface area (Å²) in [4.78, 5) is 11.6. The van der Waals surface area contributed by atoms with Crippen LogP contribution < -0.4 is 0 Å². The number of nitrogens with zero attached hydrogens (tertiary/aromatic N) is 4. The molecular weight excluding hydrogens is 296 g/mol. The van der Waals surface area contributed by atoms with Crippen LogP contribution in [-0.4, -0.2) is 31.4 Å². The molecule has 4 heterocycles. The molecule has 0 aliphatic carbocycles. The molecule has 0 N–H and O–H groups in total. The molecule has 0 spiro atoms. The van der Waals surface area contributed by atoms with Gasteiger partial charge in [-0.3, -0.25) is 9.30 Å². The van der Waals surface area contributed by atoms with Gasteiger partial charge in [0.15, 0.2) is 0 Å². The van der Waals surface area contributed by atoms with Gasteiger partial charge in [-0.25, -0.2) is 9.97 Å². The van der Waals surface area contributed by atoms with E-state index in [0.29, 0.717) is 12.1 Å². The number of imidazole rings is 1. The fourth-order valence-electron chi connectivity index (χ4n) is 4.17. The van der Waals surface area contributed by atoms with Crippen molar-refractivity contribution >= 4 is 11.4 Å². The van der Waals surface area contributed by atoms with Crippen LogP contribution in [0.5, 0.6) is 0 Å². The lowest BCUT2D eigenvalue weighted by molar-refractivity contribution is 0.201. The molecule has 2 bridgehead atoms. The van der Waals surface area contributed by atoms with E-state index in [1.165, 1.54) is 24.0 Å². The monoisotopic (exact) mass is 316 g/mol. The second-order valence-corrected chi connectivity index (χ2v) is 6.79. The van der Waals surface area contributed by atoms with Crippen molar-refractivity contribution in [2.24, 2.45) is 0 Å². The van der Waals surface area contributed by atoms with Crippen LogP contribution in [0.1, 0.15) is 30.5 Å². The van der Waals surface area contributed by atoms with Crippen molar-refractivity contribution in [2.45, 2.75) is 37.9 Å². The van der Waals surface area contributed by atoms with Crippen molar-refractivity contribution in [3.05, 3.63) is 72.3 Å². The number of rotatable bonds is 3. The van der Waals surface area contributed by atoms with Crippen LogP contribution in [0.4, 0.5) is 0 Å². The summed E-state index contributed by atoms with van der Waals surface area (Å²) in [5.41, 5.74) is 4.00. The Hall–Kier alpha value is -2.46. The number of fused-ring (bicyclic) bond motifs is 3. The molecular formula is C20H20N4. The van der Waals surface area contributed by atoms with Crippen LogP contribution >= 0.6 is 0 Å². The number of benzene rings is 1. The molecule has 5 rings (SSSR count). The van der Waals surface area contributed by atoms with Crippen LogP contribution in [0, 0.1) is 0 Å². The highest BCUT2D eigenvalue weighted by molar-refractivity contribution is 5.68. The van der Waals surface area contributed by atoms with E-state index < -0.39 is 0 Å². The molecule has 4 nitrogen and oxygen atoms in total. The fraction of sp³-hybridized carbons (Fsp3) is 0.300. The van der Waals surface area contributed by atoms with Gasteiger partial charge in [0.2, 0.25) is 5.78 Å². The van der Waals surface area contributed by atoms with Crippen LogP contribution in [0.3, 0.4) is 0 Å². The van der Waals surface area contributed by atoms with Crippen LogP contribution in [0.2, 0.25) is 0 Å². The van der Waals surface area contributed by atoms with Gasteiger partial charge >= 0.3 is 0 Å². The predicted octanol–water partition coefficient (Wildman–Crippen LogP) is 3.55. The van der Waals surface area contributed by atoms with E-state index in [1.54, 1.807) is 6.20 Å². The van der Waals surface area contributed by atoms with E-state index in [2.05, 4.69) is 57.5 Å². The molecule has 2 aromatic heterocycles. The minimum Gasteiger partial charge on any atom is -0.291 e. The molecule has 0 saturated carbocycles. The van der Waals surface area contributed by atoms with Crippen molar-refractivity contribution in [3.63, 3.8) is 0 Å². The van der Waals surface area contributed by atoms with Gasteiger partial charge in [-0.15, -0.1) is 0 Å². The van der Waals surface area contributed by atoms with Gasteiger partial charge in [-0.1, -0.05) is 36.4 Å². The lowest BCUT2D eigenvalue weighted by atomic mass is 9.95. The Kier molecular flexibility index (Phi) is 3.23. The van der Waals surface area contributed by atoms with Gasteiger partial charge < -0.3 is 0 Å². The van der Waals surface area contributed by atoms with Crippen molar-refractivity contribution in [1.82, 2.24) is 19.3 Å². The zero-order valence-electron chi connectivity index (χ0n) is 13.5. The predicted molar refractivity (Wildman–Crippen MR) is 94.4 cm³/mol. The van der Waals surface area contributed by atoms with Crippen molar-refractivity contribution < 1.29 is 0 Å². The van der Waals surface area contributed by atoms with Crippen molar-refractivity contribution in [1.29, 1.82) is 0 Å². The Morgan fingerprint density at radius 3 is 2.83 bits per heavy atom. The van der Waals surface area contributed by atoms with E-state index in [4.69, 9.17) is 0 Å². The first kappa shape index (κ1) is 13.9. The van der Waals surface area contributed by atoms with Gasteiger partial charge in [0.25, 0.3) is 0 Å². The summed E-state index contributed by atoms with van der Waals surface area (Å²) in [6.45, 7) is 0.914. The quantitative estimate of drug-likeness (QED) is 0.741. The lowest BCUT2D eigenvalue weighted by Crippen LogP contribution is -2.37. The topological polar surface area (TPSA) is 33.4 Å². The molecule has 1 aromatic carbocycles. The Morgan fingerprint density at radius 2 is 2.00 bits per heavy atom. The van der Waals surface area contributed by atoms with E-state index >= 15 is 0 Å². The molecule has 1 fully saturated rings. The Balaban J connectivity index is 1.41. The van der Waals surface area contributed by atoms with E-state index in [0.717, 1.165) is 24.4 Å². The lowest BCUT2D eigenvalue weighted by Gasteiger charge is -2.33. The molecule has 120 valence electrons. The average Bonchev–Trinajstić information content (AvgIpc) is 3.12. The first-order valence-corrected chi connectivity index (χ1v) is 8.67. The number of hydrogen-bond acceptors (Lipinski definition) is 3. The average molecular weight is 316 g/mol. The SMILES string of the molecule is C1=C(c2ccccc2)C[C@H]2CC[C@H]1N2Cc1cn2cccnc2n1. The summed E-state index contributed by atoms with van der Waals surface area (Å²) in [5.74, 6) is 0.789. The van der Waals surface area contributed by atoms with Crippen LogP contribution in [-0.2, 0) is 6.54 Å². The van der Waals surface area contributed by atoms with Gasteiger partial charge in [0.05, 0.1) is 5.69 Å². The summed E-state index contributed by atoms with van der Waals surface area (Å²) >= 11 is 0. The molecule has 2 atom stereocenters. The second-order valence-electron chi connectivity index (χ2n) is 6.79. The minimum atomic E-state index is 0.539. The standard InChI is InChI=1S/C20H20N4/c1-2-5-15(6-3-1)16-11-18-7-8-19(12-16)24(18)14-17-13-23-10-4-9-21-20(23)22-17/h1-6,9-11,13,18-19H,7-8,12,14H2/t18-,19-/m1/s1. The van der Waals surface area contributed by atoms with Crippen LogP contribution in [0.15, 0.2) is 61.1 Å². The normalized spacial score (nSPS) is 23.6. The third-order valence-corrected chi connectivity index (χ3v) is 5.31. The largest absolute Gasteiger partial charge is 0.291 e. The molecule has 2 aliphatic heterocycles. The van der Waals surface area contributed by atoms with E-state index in [-0.39, 0.29) is 0 Å². The third-order valence-electron chi connectivity index (χ3n) is 5.31. The highest BCUT2D eigenvalue weighted by atomic mass is 15.2. The van der Waals surface area contributed by atoms with Gasteiger partial charge in [-0.05, 0) is 36.5 Å². The summed E-state index contributed by atoms with van der Waals surface area (Å²) < 4.78 is 2.01. The molecule has 0 amide bonds. The molecule has 4 heteroatoms. The third kappa shape index (κ3) is 2.34. The van der Waals surface area contributed by atoms with Gasteiger partial charge in [-0.2, -0.15) is 0 Å². The molecule has 0 radical (unpaired) electrons. The zero-order valence-corrected chi connectivity index (χ0v) is 13.5. The second kappa shape index (κ2) is 5.56. The Labute approximate surface area is 141 Å². The summed E-state index contributed by atoms with van der Waals surface area (Å²) in [6, 6.07) is 13.9. The maximum absolute atomic E-state index is 4.67. The fourth-order valence-corrected chi connectivity index (χ4v) is 4.17. The zero-order chi connectivity index (χ0) is 15.9. The maximum Gasteiger partial charge on any atom is 0.233 e. The minimum absolute atomic E-state index is 0.539. The van der Waals surface area contributed by atoms with E-state index in [9.17, 15) is 0 Å². The first-order valence-electron chi connectivity index (χ1n) is 8.67. The number of hydrogen-bond donors (Lipinski definition) is 0. The Morgan fingerprint density at radius 1 is 1.08 bits per heavy atom. The molecule has 2 aliphatic rings. The molecule has 24 heavy (non-hydrogen) atoms. The smallest absolute Gasteiger partial charge is 0.233 e. The first-order chi connectivity index (χ1) is 11.9. The molecule has 3 aromatic rings. The summed E-state index contributed by atoms with van der Waals surface area (Å²) in [6.07, 6.45) is 12.1. The summed E-state index contributed by atoms with van der Waals surface area (Å²) in [5, 5.41) is 0. The van der Waals surface area contributed by atoms with E-state index in [1.807, 2.05) is 16.7 Å². The molecule has 0 unspecified atom stereocenters. The van der Waals surface area contributed by atoms with Crippen molar-refractivity contribution in [2.75, 3.05) is 0 Å². The van der Waals surface area contributed by atoms with Gasteiger partial charge in [0.1, 0.15) is 0 Å². The maximum atomic E-state index is 4.67. The number of aromatic nitrogens is 3. The Bertz CT molecular complexity index is 863. The molecule has 1 saturated heterocycles. The highest BCUT2D eigenvalue weighted by Gasteiger charge is 2.36. The summed E-state index contributed by atoms with van der Waals surface area (Å²) in [7, 11) is 0.